The van der Waals surface area contributed by atoms with Crippen molar-refractivity contribution >= 4 is 34.0 Å². The lowest BCUT2D eigenvalue weighted by Crippen LogP contribution is -2.52. The van der Waals surface area contributed by atoms with Crippen molar-refractivity contribution in [3.63, 3.8) is 0 Å². The van der Waals surface area contributed by atoms with E-state index in [1.807, 2.05) is 0 Å². The highest BCUT2D eigenvalue weighted by atomic mass is 32.1. The normalized spacial score (nSPS) is 15.5. The number of anilines is 1. The van der Waals surface area contributed by atoms with E-state index in [2.05, 4.69) is 57.5 Å². The van der Waals surface area contributed by atoms with Crippen molar-refractivity contribution in [3.05, 3.63) is 21.9 Å². The van der Waals surface area contributed by atoms with Gasteiger partial charge in [-0.15, -0.1) is 11.3 Å². The molecule has 0 radical (unpaired) electrons. The van der Waals surface area contributed by atoms with E-state index < -0.39 is 0 Å². The topological polar surface area (TPSA) is 69.5 Å². The maximum Gasteiger partial charge on any atom is 0.205 e. The molecule has 1 N–H and O–H groups in total. The van der Waals surface area contributed by atoms with Crippen LogP contribution in [-0.2, 0) is 12.8 Å². The molecule has 1 aliphatic heterocycles. The van der Waals surface area contributed by atoms with E-state index in [1.165, 1.54) is 16.5 Å². The predicted octanol–water partition coefficient (Wildman–Crippen LogP) is 3.01. The minimum atomic E-state index is 0.498. The van der Waals surface area contributed by atoms with E-state index in [0.717, 1.165) is 74.7 Å². The second-order valence-electron chi connectivity index (χ2n) is 7.14. The van der Waals surface area contributed by atoms with Gasteiger partial charge in [0.1, 0.15) is 5.82 Å². The SMILES string of the molecule is CCNC(=NCCc1csc(C(C)C)n1)N1CCN(c2nc(CC)ns2)CC1. The highest BCUT2D eigenvalue weighted by Gasteiger charge is 2.22. The van der Waals surface area contributed by atoms with Gasteiger partial charge in [-0.3, -0.25) is 4.99 Å². The summed E-state index contributed by atoms with van der Waals surface area (Å²) in [6.45, 7) is 14.0. The molecular formula is C19H31N7S2. The first-order valence-corrected chi connectivity index (χ1v) is 11.8. The van der Waals surface area contributed by atoms with Gasteiger partial charge in [-0.25, -0.2) is 9.97 Å². The molecular weight excluding hydrogens is 390 g/mol. The Bertz CT molecular complexity index is 760. The number of nitrogens with one attached hydrogen (secondary N) is 1. The van der Waals surface area contributed by atoms with Crippen LogP contribution in [0.5, 0.6) is 0 Å². The number of aryl methyl sites for hydroxylation is 1. The van der Waals surface area contributed by atoms with Crippen LogP contribution in [0.25, 0.3) is 0 Å². The molecule has 1 saturated heterocycles. The molecule has 0 amide bonds. The smallest absolute Gasteiger partial charge is 0.205 e. The van der Waals surface area contributed by atoms with Crippen molar-refractivity contribution in [1.82, 2.24) is 24.6 Å². The molecule has 9 heteroatoms. The lowest BCUT2D eigenvalue weighted by Gasteiger charge is -2.36. The number of hydrogen-bond donors (Lipinski definition) is 1. The first-order valence-electron chi connectivity index (χ1n) is 10.2. The van der Waals surface area contributed by atoms with Gasteiger partial charge >= 0.3 is 0 Å². The Balaban J connectivity index is 1.53. The molecule has 154 valence electrons. The lowest BCUT2D eigenvalue weighted by molar-refractivity contribution is 0.372. The number of aliphatic imine (C=N–C) groups is 1. The zero-order chi connectivity index (χ0) is 19.9. The van der Waals surface area contributed by atoms with Crippen LogP contribution in [0.2, 0.25) is 0 Å². The Morgan fingerprint density at radius 1 is 1.21 bits per heavy atom. The third-order valence-corrected chi connectivity index (χ3v) is 6.66. The zero-order valence-electron chi connectivity index (χ0n) is 17.3. The maximum atomic E-state index is 4.85. The monoisotopic (exact) mass is 421 g/mol. The molecule has 3 rings (SSSR count). The molecule has 0 aliphatic carbocycles. The van der Waals surface area contributed by atoms with E-state index in [0.29, 0.717) is 5.92 Å². The number of piperazine rings is 1. The second-order valence-corrected chi connectivity index (χ2v) is 8.76. The quantitative estimate of drug-likeness (QED) is 0.547. The Morgan fingerprint density at radius 3 is 2.61 bits per heavy atom. The van der Waals surface area contributed by atoms with Crippen molar-refractivity contribution in [2.75, 3.05) is 44.2 Å². The number of hydrogen-bond acceptors (Lipinski definition) is 7. The van der Waals surface area contributed by atoms with Gasteiger partial charge in [0.2, 0.25) is 5.13 Å². The Morgan fingerprint density at radius 2 is 2.00 bits per heavy atom. The molecule has 28 heavy (non-hydrogen) atoms. The summed E-state index contributed by atoms with van der Waals surface area (Å²) in [5.74, 6) is 2.45. The van der Waals surface area contributed by atoms with E-state index in [1.54, 1.807) is 11.3 Å². The average molecular weight is 422 g/mol. The molecule has 1 aliphatic rings. The first-order chi connectivity index (χ1) is 13.6. The highest BCUT2D eigenvalue weighted by molar-refractivity contribution is 7.10. The van der Waals surface area contributed by atoms with Gasteiger partial charge in [0, 0.05) is 74.9 Å². The summed E-state index contributed by atoms with van der Waals surface area (Å²) in [7, 11) is 0. The van der Waals surface area contributed by atoms with Crippen LogP contribution in [0.15, 0.2) is 10.4 Å². The van der Waals surface area contributed by atoms with Crippen LogP contribution >= 0.6 is 22.9 Å². The predicted molar refractivity (Wildman–Crippen MR) is 119 cm³/mol. The number of nitrogens with zero attached hydrogens (tertiary/aromatic N) is 6. The molecule has 0 atom stereocenters. The van der Waals surface area contributed by atoms with Gasteiger partial charge in [-0.1, -0.05) is 20.8 Å². The average Bonchev–Trinajstić information content (AvgIpc) is 3.37. The van der Waals surface area contributed by atoms with Crippen LogP contribution in [0.1, 0.15) is 50.1 Å². The number of aromatic nitrogens is 3. The summed E-state index contributed by atoms with van der Waals surface area (Å²) in [6, 6.07) is 0. The summed E-state index contributed by atoms with van der Waals surface area (Å²) in [5.41, 5.74) is 1.15. The second kappa shape index (κ2) is 10.2. The molecule has 0 spiro atoms. The van der Waals surface area contributed by atoms with Crippen molar-refractivity contribution in [2.45, 2.75) is 46.5 Å². The van der Waals surface area contributed by atoms with Crippen LogP contribution in [0.4, 0.5) is 5.13 Å². The molecule has 2 aromatic heterocycles. The number of guanidine groups is 1. The number of thiazole rings is 1. The molecule has 2 aromatic rings. The van der Waals surface area contributed by atoms with Gasteiger partial charge in [0.25, 0.3) is 0 Å². The maximum absolute atomic E-state index is 4.85. The highest BCUT2D eigenvalue weighted by Crippen LogP contribution is 2.20. The summed E-state index contributed by atoms with van der Waals surface area (Å²) in [4.78, 5) is 18.9. The summed E-state index contributed by atoms with van der Waals surface area (Å²) in [5, 5.41) is 7.87. The molecule has 3 heterocycles. The van der Waals surface area contributed by atoms with Crippen LogP contribution in [0, 0.1) is 0 Å². The van der Waals surface area contributed by atoms with E-state index in [4.69, 9.17) is 9.98 Å². The third kappa shape index (κ3) is 5.41. The van der Waals surface area contributed by atoms with Crippen LogP contribution in [0.3, 0.4) is 0 Å². The third-order valence-electron chi connectivity index (χ3n) is 4.65. The largest absolute Gasteiger partial charge is 0.357 e. The van der Waals surface area contributed by atoms with Crippen LogP contribution in [-0.4, -0.2) is 64.5 Å². The standard InChI is InChI=1S/C19H31N7S2/c1-5-16-23-19(28-24-16)26-11-9-25(10-12-26)18(20-6-2)21-8-7-15-13-27-17(22-15)14(3)4/h13-14H,5-12H2,1-4H3,(H,20,21). The fourth-order valence-corrected chi connectivity index (χ4v) is 4.70. The van der Waals surface area contributed by atoms with Gasteiger partial charge in [-0.05, 0) is 6.92 Å². The van der Waals surface area contributed by atoms with Gasteiger partial charge < -0.3 is 15.1 Å². The fraction of sp³-hybridized carbons (Fsp3) is 0.684. The Hall–Kier alpha value is -1.74. The van der Waals surface area contributed by atoms with Crippen molar-refractivity contribution in [1.29, 1.82) is 0 Å². The molecule has 0 saturated carbocycles. The van der Waals surface area contributed by atoms with Crippen molar-refractivity contribution in [3.8, 4) is 0 Å². The minimum absolute atomic E-state index is 0.498. The molecule has 0 bridgehead atoms. The minimum Gasteiger partial charge on any atom is -0.357 e. The first kappa shape index (κ1) is 21.0. The number of rotatable bonds is 7. The van der Waals surface area contributed by atoms with E-state index >= 15 is 0 Å². The molecule has 1 fully saturated rings. The summed E-state index contributed by atoms with van der Waals surface area (Å²) >= 11 is 3.27. The summed E-state index contributed by atoms with van der Waals surface area (Å²) < 4.78 is 4.41. The lowest BCUT2D eigenvalue weighted by atomic mass is 10.2. The van der Waals surface area contributed by atoms with Gasteiger partial charge in [0.05, 0.1) is 10.7 Å². The summed E-state index contributed by atoms with van der Waals surface area (Å²) in [6.07, 6.45) is 1.79. The zero-order valence-corrected chi connectivity index (χ0v) is 18.9. The molecule has 0 aromatic carbocycles. The molecule has 0 unspecified atom stereocenters. The van der Waals surface area contributed by atoms with Gasteiger partial charge in [0.15, 0.2) is 5.96 Å². The van der Waals surface area contributed by atoms with Crippen molar-refractivity contribution in [2.24, 2.45) is 4.99 Å². The van der Waals surface area contributed by atoms with E-state index in [-0.39, 0.29) is 0 Å². The molecule has 7 nitrogen and oxygen atoms in total. The van der Waals surface area contributed by atoms with E-state index in [9.17, 15) is 0 Å². The Kier molecular flexibility index (Phi) is 7.61. The van der Waals surface area contributed by atoms with Gasteiger partial charge in [-0.2, -0.15) is 4.37 Å². The van der Waals surface area contributed by atoms with Crippen LogP contribution < -0.4 is 10.2 Å². The van der Waals surface area contributed by atoms with Crippen molar-refractivity contribution < 1.29 is 0 Å². The fourth-order valence-electron chi connectivity index (χ4n) is 3.03. The Labute approximate surface area is 176 Å².